The summed E-state index contributed by atoms with van der Waals surface area (Å²) in [5.41, 5.74) is 2.52. The van der Waals surface area contributed by atoms with E-state index >= 15 is 0 Å². The minimum atomic E-state index is 0.158. The molecule has 4 aromatic rings. The summed E-state index contributed by atoms with van der Waals surface area (Å²) in [6.45, 7) is 4.81. The number of rotatable bonds is 10. The van der Waals surface area contributed by atoms with Gasteiger partial charge in [0, 0.05) is 58.9 Å². The molecule has 0 aliphatic rings. The second kappa shape index (κ2) is 10.1. The summed E-state index contributed by atoms with van der Waals surface area (Å²) in [5, 5.41) is 16.5. The zero-order valence-electron chi connectivity index (χ0n) is 17.2. The fourth-order valence-electron chi connectivity index (χ4n) is 3.69. The first-order chi connectivity index (χ1) is 14.7. The molecule has 156 valence electrons. The maximum absolute atomic E-state index is 9.30. The lowest BCUT2D eigenvalue weighted by molar-refractivity contribution is 0.278. The fraction of sp³-hybridized carbons (Fsp3) is 0.292. The first kappa shape index (κ1) is 20.9. The fourth-order valence-corrected chi connectivity index (χ4v) is 4.43. The Morgan fingerprint density at radius 2 is 2.03 bits per heavy atom. The Balaban J connectivity index is 1.25. The molecule has 0 bridgehead atoms. The molecular formula is C24H28N4OS. The van der Waals surface area contributed by atoms with Gasteiger partial charge in [-0.2, -0.15) is 0 Å². The standard InChI is InChI=1S/C24H28N4OS/c1-18(27-30-22-7-6-20-16-26-10-8-19(20)14-22)15-25-11-9-21-17-28(12-13-29)24-5-3-2-4-23(21)24/h2-8,10,14,16-18,25,27,29H,9,11-13,15H2,1H3/t18-/m1/s1. The van der Waals surface area contributed by atoms with Crippen molar-refractivity contribution in [2.75, 3.05) is 19.7 Å². The number of aliphatic hydroxyl groups is 1. The van der Waals surface area contributed by atoms with Crippen molar-refractivity contribution in [3.63, 3.8) is 0 Å². The third-order valence-electron chi connectivity index (χ3n) is 5.22. The van der Waals surface area contributed by atoms with Crippen molar-refractivity contribution in [2.45, 2.75) is 30.8 Å². The van der Waals surface area contributed by atoms with Crippen LogP contribution < -0.4 is 10.0 Å². The number of benzene rings is 2. The molecule has 5 nitrogen and oxygen atoms in total. The molecule has 3 N–H and O–H groups in total. The van der Waals surface area contributed by atoms with Gasteiger partial charge in [0.15, 0.2) is 0 Å². The lowest BCUT2D eigenvalue weighted by Crippen LogP contribution is -2.33. The zero-order valence-corrected chi connectivity index (χ0v) is 18.0. The number of hydrogen-bond acceptors (Lipinski definition) is 5. The number of para-hydroxylation sites is 1. The molecule has 0 radical (unpaired) electrons. The van der Waals surface area contributed by atoms with Crippen LogP contribution in [-0.2, 0) is 13.0 Å². The molecule has 1 atom stereocenters. The van der Waals surface area contributed by atoms with E-state index in [-0.39, 0.29) is 6.61 Å². The summed E-state index contributed by atoms with van der Waals surface area (Å²) >= 11 is 1.67. The molecule has 2 aromatic carbocycles. The smallest absolute Gasteiger partial charge is 0.0610 e. The van der Waals surface area contributed by atoms with Crippen molar-refractivity contribution in [2.24, 2.45) is 0 Å². The van der Waals surface area contributed by atoms with Crippen LogP contribution in [0.15, 0.2) is 72.0 Å². The van der Waals surface area contributed by atoms with Crippen LogP contribution in [0, 0.1) is 0 Å². The quantitative estimate of drug-likeness (QED) is 0.267. The van der Waals surface area contributed by atoms with Crippen LogP contribution in [0.3, 0.4) is 0 Å². The molecule has 0 saturated carbocycles. The highest BCUT2D eigenvalue weighted by Gasteiger charge is 2.08. The second-order valence-electron chi connectivity index (χ2n) is 7.55. The molecule has 0 spiro atoms. The van der Waals surface area contributed by atoms with Gasteiger partial charge in [-0.15, -0.1) is 0 Å². The summed E-state index contributed by atoms with van der Waals surface area (Å²) in [6, 6.07) is 17.2. The van der Waals surface area contributed by atoms with Crippen molar-refractivity contribution in [3.8, 4) is 0 Å². The average molecular weight is 421 g/mol. The monoisotopic (exact) mass is 420 g/mol. The van der Waals surface area contributed by atoms with Gasteiger partial charge in [0.2, 0.25) is 0 Å². The van der Waals surface area contributed by atoms with Gasteiger partial charge in [-0.05, 0) is 67.1 Å². The minimum absolute atomic E-state index is 0.158. The summed E-state index contributed by atoms with van der Waals surface area (Å²) in [5.74, 6) is 0. The number of pyridine rings is 1. The number of nitrogens with one attached hydrogen (secondary N) is 2. The Morgan fingerprint density at radius 1 is 1.13 bits per heavy atom. The molecule has 0 unspecified atom stereocenters. The van der Waals surface area contributed by atoms with Crippen LogP contribution in [0.25, 0.3) is 21.7 Å². The Morgan fingerprint density at radius 3 is 2.93 bits per heavy atom. The van der Waals surface area contributed by atoms with Gasteiger partial charge in [0.25, 0.3) is 0 Å². The summed E-state index contributed by atoms with van der Waals surface area (Å²) in [6.07, 6.45) is 6.87. The van der Waals surface area contributed by atoms with E-state index in [2.05, 4.69) is 75.2 Å². The first-order valence-electron chi connectivity index (χ1n) is 10.4. The van der Waals surface area contributed by atoms with Crippen LogP contribution in [0.4, 0.5) is 0 Å². The van der Waals surface area contributed by atoms with Gasteiger partial charge in [-0.25, -0.2) is 0 Å². The molecule has 0 amide bonds. The van der Waals surface area contributed by atoms with Gasteiger partial charge >= 0.3 is 0 Å². The number of nitrogens with zero attached hydrogens (tertiary/aromatic N) is 2. The maximum Gasteiger partial charge on any atom is 0.0610 e. The van der Waals surface area contributed by atoms with Gasteiger partial charge in [-0.3, -0.25) is 9.71 Å². The van der Waals surface area contributed by atoms with Crippen LogP contribution in [0.1, 0.15) is 12.5 Å². The summed E-state index contributed by atoms with van der Waals surface area (Å²) in [7, 11) is 0. The zero-order chi connectivity index (χ0) is 20.8. The van der Waals surface area contributed by atoms with E-state index < -0.39 is 0 Å². The molecule has 0 aliphatic heterocycles. The predicted octanol–water partition coefficient (Wildman–Crippen LogP) is 4.00. The number of aromatic nitrogens is 2. The van der Waals surface area contributed by atoms with E-state index in [9.17, 15) is 5.11 Å². The maximum atomic E-state index is 9.30. The third-order valence-corrected chi connectivity index (χ3v) is 6.23. The molecule has 0 aliphatic carbocycles. The lowest BCUT2D eigenvalue weighted by atomic mass is 10.1. The van der Waals surface area contributed by atoms with Crippen molar-refractivity contribution in [3.05, 3.63) is 72.7 Å². The highest BCUT2D eigenvalue weighted by molar-refractivity contribution is 7.97. The van der Waals surface area contributed by atoms with E-state index in [1.165, 1.54) is 26.7 Å². The molecule has 30 heavy (non-hydrogen) atoms. The Kier molecular flexibility index (Phi) is 7.02. The predicted molar refractivity (Wildman–Crippen MR) is 126 cm³/mol. The van der Waals surface area contributed by atoms with Crippen LogP contribution >= 0.6 is 11.9 Å². The Bertz CT molecular complexity index is 1110. The highest BCUT2D eigenvalue weighted by Crippen LogP contribution is 2.22. The van der Waals surface area contributed by atoms with Gasteiger partial charge in [0.05, 0.1) is 6.61 Å². The van der Waals surface area contributed by atoms with Crippen LogP contribution in [0.2, 0.25) is 0 Å². The van der Waals surface area contributed by atoms with E-state index in [0.29, 0.717) is 12.6 Å². The third kappa shape index (κ3) is 5.02. The summed E-state index contributed by atoms with van der Waals surface area (Å²) in [4.78, 5) is 5.37. The van der Waals surface area contributed by atoms with E-state index in [1.54, 1.807) is 11.9 Å². The lowest BCUT2D eigenvalue weighted by Gasteiger charge is -2.14. The first-order valence-corrected chi connectivity index (χ1v) is 11.2. The molecule has 0 saturated heterocycles. The van der Waals surface area contributed by atoms with E-state index in [0.717, 1.165) is 24.9 Å². The van der Waals surface area contributed by atoms with Crippen molar-refractivity contribution < 1.29 is 5.11 Å². The van der Waals surface area contributed by atoms with Crippen LogP contribution in [0.5, 0.6) is 0 Å². The average Bonchev–Trinajstić information content (AvgIpc) is 3.13. The molecule has 6 heteroatoms. The van der Waals surface area contributed by atoms with E-state index in [4.69, 9.17) is 0 Å². The Labute approximate surface area is 181 Å². The van der Waals surface area contributed by atoms with Gasteiger partial charge < -0.3 is 15.0 Å². The van der Waals surface area contributed by atoms with Crippen molar-refractivity contribution >= 4 is 33.6 Å². The van der Waals surface area contributed by atoms with Crippen molar-refractivity contribution in [1.29, 1.82) is 0 Å². The number of hydrogen-bond donors (Lipinski definition) is 3. The van der Waals surface area contributed by atoms with Crippen LogP contribution in [-0.4, -0.2) is 40.4 Å². The second-order valence-corrected chi connectivity index (χ2v) is 8.46. The largest absolute Gasteiger partial charge is 0.395 e. The normalized spacial score (nSPS) is 12.6. The molecule has 4 rings (SSSR count). The summed E-state index contributed by atoms with van der Waals surface area (Å²) < 4.78 is 5.66. The van der Waals surface area contributed by atoms with Gasteiger partial charge in [-0.1, -0.05) is 24.3 Å². The minimum Gasteiger partial charge on any atom is -0.395 e. The van der Waals surface area contributed by atoms with Gasteiger partial charge in [0.1, 0.15) is 0 Å². The number of fused-ring (bicyclic) bond motifs is 2. The molecule has 2 aromatic heterocycles. The molecule has 2 heterocycles. The highest BCUT2D eigenvalue weighted by atomic mass is 32.2. The molecular weight excluding hydrogens is 392 g/mol. The number of aliphatic hydroxyl groups excluding tert-OH is 1. The SMILES string of the molecule is C[C@H](CNCCc1cn(CCO)c2ccccc12)NSc1ccc2cnccc2c1. The topological polar surface area (TPSA) is 62.1 Å². The van der Waals surface area contributed by atoms with Crippen molar-refractivity contribution in [1.82, 2.24) is 19.6 Å². The molecule has 0 fully saturated rings. The Hall–Kier alpha value is -2.38. The van der Waals surface area contributed by atoms with E-state index in [1.807, 2.05) is 18.5 Å².